The molecule has 2 N–H and O–H groups in total. The van der Waals surface area contributed by atoms with Crippen LogP contribution in [0.1, 0.15) is 28.9 Å². The van der Waals surface area contributed by atoms with Crippen molar-refractivity contribution in [3.05, 3.63) is 14.7 Å². The van der Waals surface area contributed by atoms with E-state index in [0.29, 0.717) is 16.2 Å². The summed E-state index contributed by atoms with van der Waals surface area (Å²) >= 11 is 3.99. The molecule has 1 aliphatic rings. The lowest BCUT2D eigenvalue weighted by atomic mass is 10.3. The van der Waals surface area contributed by atoms with E-state index in [1.165, 1.54) is 18.9 Å². The maximum absolute atomic E-state index is 12.0. The van der Waals surface area contributed by atoms with Crippen LogP contribution in [0.2, 0.25) is 0 Å². The van der Waals surface area contributed by atoms with Gasteiger partial charge in [-0.3, -0.25) is 0 Å². The quantitative estimate of drug-likeness (QED) is 0.821. The monoisotopic (exact) mass is 353 g/mol. The lowest BCUT2D eigenvalue weighted by Crippen LogP contribution is -2.25. The summed E-state index contributed by atoms with van der Waals surface area (Å²) in [4.78, 5) is 10.8. The molecule has 5 nitrogen and oxygen atoms in total. The van der Waals surface area contributed by atoms with Crippen LogP contribution in [-0.4, -0.2) is 26.0 Å². The Bertz CT molecular complexity index is 562. The Kier molecular flexibility index (Phi) is 4.10. The molecule has 0 spiro atoms. The topological polar surface area (TPSA) is 83.5 Å². The van der Waals surface area contributed by atoms with Crippen LogP contribution < -0.4 is 4.72 Å². The number of rotatable bonds is 6. The van der Waals surface area contributed by atoms with E-state index in [1.54, 1.807) is 0 Å². The molecular weight excluding hydrogens is 342 g/mol. The van der Waals surface area contributed by atoms with E-state index in [4.69, 9.17) is 5.11 Å². The first-order valence-corrected chi connectivity index (χ1v) is 8.51. The van der Waals surface area contributed by atoms with E-state index in [9.17, 15) is 13.2 Å². The summed E-state index contributed by atoms with van der Waals surface area (Å²) < 4.78 is 26.7. The minimum absolute atomic E-state index is 0.000645. The van der Waals surface area contributed by atoms with Gasteiger partial charge in [-0.2, -0.15) is 0 Å². The normalized spacial score (nSPS) is 15.8. The Hall–Kier alpha value is -0.440. The van der Waals surface area contributed by atoms with Crippen LogP contribution in [0, 0.1) is 5.92 Å². The zero-order valence-corrected chi connectivity index (χ0v) is 12.6. The summed E-state index contributed by atoms with van der Waals surface area (Å²) in [5, 5.41) is 8.82. The molecule has 0 saturated heterocycles. The summed E-state index contributed by atoms with van der Waals surface area (Å²) in [6.45, 7) is 0.400. The van der Waals surface area contributed by atoms with Crippen molar-refractivity contribution < 1.29 is 18.3 Å². The number of hydrogen-bond donors (Lipinski definition) is 2. The fourth-order valence-electron chi connectivity index (χ4n) is 1.52. The summed E-state index contributed by atoms with van der Waals surface area (Å²) in [5.41, 5.74) is 0. The molecule has 0 aromatic carbocycles. The number of thiophene rings is 1. The van der Waals surface area contributed by atoms with E-state index in [2.05, 4.69) is 20.7 Å². The molecule has 0 unspecified atom stereocenters. The number of sulfonamides is 1. The molecule has 1 heterocycles. The van der Waals surface area contributed by atoms with Crippen LogP contribution in [-0.2, 0) is 10.0 Å². The van der Waals surface area contributed by atoms with Gasteiger partial charge in [0, 0.05) is 6.54 Å². The molecule has 8 heteroatoms. The Labute approximate surface area is 117 Å². The van der Waals surface area contributed by atoms with Crippen LogP contribution in [0.3, 0.4) is 0 Å². The molecule has 1 aromatic rings. The van der Waals surface area contributed by atoms with Gasteiger partial charge in [0.1, 0.15) is 9.77 Å². The summed E-state index contributed by atoms with van der Waals surface area (Å²) in [5.74, 6) is -0.478. The molecule has 0 atom stereocenters. The molecule has 1 fully saturated rings. The molecule has 18 heavy (non-hydrogen) atoms. The van der Waals surface area contributed by atoms with Gasteiger partial charge in [-0.1, -0.05) is 12.8 Å². The van der Waals surface area contributed by atoms with E-state index < -0.39 is 16.0 Å². The van der Waals surface area contributed by atoms with Gasteiger partial charge in [0.2, 0.25) is 10.0 Å². The van der Waals surface area contributed by atoms with Crippen molar-refractivity contribution in [1.29, 1.82) is 0 Å². The Morgan fingerprint density at radius 1 is 1.56 bits per heavy atom. The highest BCUT2D eigenvalue weighted by Crippen LogP contribution is 2.33. The van der Waals surface area contributed by atoms with Gasteiger partial charge >= 0.3 is 5.97 Å². The summed E-state index contributed by atoms with van der Waals surface area (Å²) in [6.07, 6.45) is 3.19. The first kappa shape index (κ1) is 14.0. The number of halogens is 1. The second-order valence-corrected chi connectivity index (χ2v) is 8.29. The van der Waals surface area contributed by atoms with Crippen molar-refractivity contribution in [2.24, 2.45) is 5.92 Å². The molecule has 0 aliphatic heterocycles. The number of carboxylic acid groups (broad SMARTS) is 1. The van der Waals surface area contributed by atoms with Gasteiger partial charge in [-0.05, 0) is 34.3 Å². The van der Waals surface area contributed by atoms with Gasteiger partial charge < -0.3 is 5.11 Å². The van der Waals surface area contributed by atoms with Gasteiger partial charge in [-0.25, -0.2) is 17.9 Å². The van der Waals surface area contributed by atoms with Gasteiger partial charge in [0.15, 0.2) is 0 Å². The van der Waals surface area contributed by atoms with Crippen molar-refractivity contribution in [1.82, 2.24) is 4.72 Å². The highest BCUT2D eigenvalue weighted by Gasteiger charge is 2.25. The maximum Gasteiger partial charge on any atom is 0.345 e. The molecule has 1 saturated carbocycles. The van der Waals surface area contributed by atoms with Crippen molar-refractivity contribution in [2.75, 3.05) is 6.54 Å². The first-order valence-electron chi connectivity index (χ1n) is 5.42. The Morgan fingerprint density at radius 3 is 2.72 bits per heavy atom. The molecule has 0 bridgehead atoms. The lowest BCUT2D eigenvalue weighted by molar-refractivity contribution is 0.0702. The van der Waals surface area contributed by atoms with E-state index in [-0.39, 0.29) is 9.77 Å². The van der Waals surface area contributed by atoms with Gasteiger partial charge in [-0.15, -0.1) is 11.3 Å². The zero-order valence-electron chi connectivity index (χ0n) is 9.35. The standard InChI is InChI=1S/C10H12BrNO4S2/c11-9-8(5-7(17-9)10(13)14)18(15,16)12-4-3-6-1-2-6/h5-6,12H,1-4H2,(H,13,14). The fraction of sp³-hybridized carbons (Fsp3) is 0.500. The third-order valence-corrected chi connectivity index (χ3v) is 6.40. The number of aromatic carboxylic acids is 1. The molecule has 100 valence electrons. The average Bonchev–Trinajstić information content (AvgIpc) is 2.98. The van der Waals surface area contributed by atoms with E-state index in [1.807, 2.05) is 0 Å². The third-order valence-electron chi connectivity index (χ3n) is 2.70. The van der Waals surface area contributed by atoms with Crippen molar-refractivity contribution in [3.63, 3.8) is 0 Å². The second-order valence-electron chi connectivity index (χ2n) is 4.18. The number of hydrogen-bond acceptors (Lipinski definition) is 4. The van der Waals surface area contributed by atoms with Crippen molar-refractivity contribution in [2.45, 2.75) is 24.2 Å². The lowest BCUT2D eigenvalue weighted by Gasteiger charge is -2.04. The molecule has 2 rings (SSSR count). The minimum atomic E-state index is -3.62. The Morgan fingerprint density at radius 2 is 2.22 bits per heavy atom. The van der Waals surface area contributed by atoms with Crippen LogP contribution in [0.25, 0.3) is 0 Å². The Balaban J connectivity index is 2.09. The number of nitrogens with one attached hydrogen (secondary N) is 1. The molecule has 0 radical (unpaired) electrons. The van der Waals surface area contributed by atoms with Crippen LogP contribution in [0.4, 0.5) is 0 Å². The highest BCUT2D eigenvalue weighted by atomic mass is 79.9. The van der Waals surface area contributed by atoms with Crippen LogP contribution in [0.5, 0.6) is 0 Å². The predicted molar refractivity (Wildman–Crippen MR) is 71.5 cm³/mol. The van der Waals surface area contributed by atoms with Crippen LogP contribution >= 0.6 is 27.3 Å². The molecule has 0 amide bonds. The first-order chi connectivity index (χ1) is 8.40. The van der Waals surface area contributed by atoms with Crippen molar-refractivity contribution in [3.8, 4) is 0 Å². The SMILES string of the molecule is O=C(O)c1cc(S(=O)(=O)NCCC2CC2)c(Br)s1. The van der Waals surface area contributed by atoms with Gasteiger partial charge in [0.05, 0.1) is 3.79 Å². The van der Waals surface area contributed by atoms with Gasteiger partial charge in [0.25, 0.3) is 0 Å². The predicted octanol–water partition coefficient (Wildman–Crippen LogP) is 2.29. The third kappa shape index (κ3) is 3.31. The fourth-order valence-corrected chi connectivity index (χ4v) is 4.97. The molecule has 1 aliphatic carbocycles. The second kappa shape index (κ2) is 5.28. The minimum Gasteiger partial charge on any atom is -0.477 e. The maximum atomic E-state index is 12.0. The number of carboxylic acids is 1. The smallest absolute Gasteiger partial charge is 0.345 e. The summed E-state index contributed by atoms with van der Waals surface area (Å²) in [6, 6.07) is 1.18. The molecular formula is C10H12BrNO4S2. The summed E-state index contributed by atoms with van der Waals surface area (Å²) in [7, 11) is -3.62. The molecule has 1 aromatic heterocycles. The zero-order chi connectivity index (χ0) is 13.3. The van der Waals surface area contributed by atoms with Crippen molar-refractivity contribution >= 4 is 43.3 Å². The van der Waals surface area contributed by atoms with E-state index in [0.717, 1.165) is 17.8 Å². The largest absolute Gasteiger partial charge is 0.477 e. The number of carbonyl (C=O) groups is 1. The highest BCUT2D eigenvalue weighted by molar-refractivity contribution is 9.11. The average molecular weight is 354 g/mol. The van der Waals surface area contributed by atoms with Crippen LogP contribution in [0.15, 0.2) is 14.7 Å². The van der Waals surface area contributed by atoms with E-state index >= 15 is 0 Å².